The molecule has 0 radical (unpaired) electrons. The summed E-state index contributed by atoms with van der Waals surface area (Å²) in [6, 6.07) is 34.8. The molecule has 0 saturated heterocycles. The second-order valence-corrected chi connectivity index (χ2v) is 10.00. The zero-order valence-corrected chi connectivity index (χ0v) is 23.6. The van der Waals surface area contributed by atoms with E-state index in [1.807, 2.05) is 54.6 Å². The Morgan fingerprint density at radius 1 is 0.829 bits per heavy atom. The number of carbonyl (C=O) groups excluding carboxylic acids is 1. The maximum Gasteiger partial charge on any atom is 0.221 e. The van der Waals surface area contributed by atoms with Crippen LogP contribution in [0, 0.1) is 0 Å². The van der Waals surface area contributed by atoms with Crippen molar-refractivity contribution in [2.75, 3.05) is 27.4 Å². The molecule has 0 aliphatic heterocycles. The Morgan fingerprint density at radius 2 is 1.54 bits per heavy atom. The van der Waals surface area contributed by atoms with E-state index in [0.29, 0.717) is 31.3 Å². The minimum absolute atomic E-state index is 0.0321. The molecule has 0 aliphatic carbocycles. The van der Waals surface area contributed by atoms with Crippen LogP contribution in [-0.2, 0) is 22.7 Å². The Kier molecular flexibility index (Phi) is 9.34. The van der Waals surface area contributed by atoms with Crippen LogP contribution in [0.5, 0.6) is 11.5 Å². The molecule has 1 aromatic heterocycles. The lowest BCUT2D eigenvalue weighted by molar-refractivity contribution is -0.121. The van der Waals surface area contributed by atoms with Crippen LogP contribution in [0.25, 0.3) is 10.9 Å². The Bertz CT molecular complexity index is 1560. The number of nitrogens with one attached hydrogen (secondary N) is 1. The molecule has 1 atom stereocenters. The van der Waals surface area contributed by atoms with Crippen molar-refractivity contribution in [3.8, 4) is 11.5 Å². The van der Waals surface area contributed by atoms with Crippen LogP contribution in [0.3, 0.4) is 0 Å². The highest BCUT2D eigenvalue weighted by molar-refractivity contribution is 5.87. The number of para-hydroxylation sites is 1. The highest BCUT2D eigenvalue weighted by Gasteiger charge is 2.24. The van der Waals surface area contributed by atoms with E-state index in [4.69, 9.17) is 14.2 Å². The Morgan fingerprint density at radius 3 is 2.27 bits per heavy atom. The first-order chi connectivity index (χ1) is 20.2. The van der Waals surface area contributed by atoms with Gasteiger partial charge < -0.3 is 24.1 Å². The van der Waals surface area contributed by atoms with Gasteiger partial charge in [0.05, 0.1) is 13.7 Å². The molecular formula is C35H36N2O4. The van der Waals surface area contributed by atoms with E-state index in [1.54, 1.807) is 14.2 Å². The van der Waals surface area contributed by atoms with Gasteiger partial charge in [0.15, 0.2) is 11.5 Å². The second-order valence-electron chi connectivity index (χ2n) is 10.00. The van der Waals surface area contributed by atoms with Crippen molar-refractivity contribution in [2.24, 2.45) is 0 Å². The first kappa shape index (κ1) is 28.0. The summed E-state index contributed by atoms with van der Waals surface area (Å²) in [5, 5.41) is 4.13. The fourth-order valence-corrected chi connectivity index (χ4v) is 5.18. The molecule has 4 aromatic carbocycles. The Labute approximate surface area is 241 Å². The van der Waals surface area contributed by atoms with E-state index in [0.717, 1.165) is 34.1 Å². The summed E-state index contributed by atoms with van der Waals surface area (Å²) in [6.45, 7) is 2.11. The van der Waals surface area contributed by atoms with Crippen LogP contribution in [0.2, 0.25) is 0 Å². The average Bonchev–Trinajstić information content (AvgIpc) is 3.37. The summed E-state index contributed by atoms with van der Waals surface area (Å²) in [5.74, 6) is 1.07. The number of benzene rings is 4. The summed E-state index contributed by atoms with van der Waals surface area (Å²) >= 11 is 0. The van der Waals surface area contributed by atoms with Gasteiger partial charge in [-0.25, -0.2) is 0 Å². The standard InChI is InChI=1S/C35H36N2O4/c1-39-20-19-36-35(38)22-30(28-17-18-33(34(21-28)40-2)41-25-27-13-7-4-8-14-27)31-24-37(23-26-11-5-3-6-12-26)32-16-10-9-15-29(31)32/h3-18,21,24,30H,19-20,22-23,25H2,1-2H3,(H,36,38)/t30-/m1/s1. The summed E-state index contributed by atoms with van der Waals surface area (Å²) in [5.41, 5.74) is 5.51. The number of hydrogen-bond acceptors (Lipinski definition) is 4. The minimum Gasteiger partial charge on any atom is -0.493 e. The number of nitrogens with zero attached hydrogens (tertiary/aromatic N) is 1. The van der Waals surface area contributed by atoms with Gasteiger partial charge in [-0.15, -0.1) is 0 Å². The molecule has 210 valence electrons. The minimum atomic E-state index is -0.198. The zero-order chi connectivity index (χ0) is 28.4. The fourth-order valence-electron chi connectivity index (χ4n) is 5.18. The fraction of sp³-hybridized carbons (Fsp3) is 0.229. The van der Waals surface area contributed by atoms with Crippen molar-refractivity contribution in [1.29, 1.82) is 0 Å². The largest absolute Gasteiger partial charge is 0.493 e. The lowest BCUT2D eigenvalue weighted by Gasteiger charge is -2.19. The van der Waals surface area contributed by atoms with Gasteiger partial charge in [-0.3, -0.25) is 4.79 Å². The highest BCUT2D eigenvalue weighted by atomic mass is 16.5. The molecular weight excluding hydrogens is 512 g/mol. The smallest absolute Gasteiger partial charge is 0.221 e. The first-order valence-electron chi connectivity index (χ1n) is 13.9. The predicted octanol–water partition coefficient (Wildman–Crippen LogP) is 6.56. The van der Waals surface area contributed by atoms with Crippen LogP contribution in [0.1, 0.15) is 34.6 Å². The number of aromatic nitrogens is 1. The molecule has 1 heterocycles. The maximum atomic E-state index is 13.2. The van der Waals surface area contributed by atoms with E-state index >= 15 is 0 Å². The number of hydrogen-bond donors (Lipinski definition) is 1. The first-order valence-corrected chi connectivity index (χ1v) is 13.9. The van der Waals surface area contributed by atoms with Crippen LogP contribution in [-0.4, -0.2) is 37.8 Å². The number of amides is 1. The normalized spacial score (nSPS) is 11.8. The number of rotatable bonds is 13. The zero-order valence-electron chi connectivity index (χ0n) is 23.6. The molecule has 6 nitrogen and oxygen atoms in total. The summed E-state index contributed by atoms with van der Waals surface area (Å²) in [6.07, 6.45) is 2.48. The van der Waals surface area contributed by atoms with Gasteiger partial charge in [0.1, 0.15) is 6.61 Å². The van der Waals surface area contributed by atoms with Crippen LogP contribution >= 0.6 is 0 Å². The molecule has 5 aromatic rings. The Balaban J connectivity index is 1.51. The molecule has 0 aliphatic rings. The van der Waals surface area contributed by atoms with Gasteiger partial charge in [-0.1, -0.05) is 84.9 Å². The molecule has 0 unspecified atom stereocenters. The molecule has 0 fully saturated rings. The van der Waals surface area contributed by atoms with Crippen molar-refractivity contribution in [1.82, 2.24) is 9.88 Å². The van der Waals surface area contributed by atoms with Crippen LogP contribution < -0.4 is 14.8 Å². The van der Waals surface area contributed by atoms with Crippen LogP contribution in [0.15, 0.2) is 109 Å². The third-order valence-electron chi connectivity index (χ3n) is 7.24. The number of methoxy groups -OCH3 is 2. The number of carbonyl (C=O) groups is 1. The quantitative estimate of drug-likeness (QED) is 0.169. The number of fused-ring (bicyclic) bond motifs is 1. The SMILES string of the molecule is COCCNC(=O)C[C@H](c1ccc(OCc2ccccc2)c(OC)c1)c1cn(Cc2ccccc2)c2ccccc12. The molecule has 6 heteroatoms. The van der Waals surface area contributed by atoms with Crippen molar-refractivity contribution in [3.05, 3.63) is 132 Å². The van der Waals surface area contributed by atoms with E-state index in [9.17, 15) is 4.79 Å². The Hall–Kier alpha value is -4.55. The lowest BCUT2D eigenvalue weighted by atomic mass is 9.87. The molecule has 1 amide bonds. The van der Waals surface area contributed by atoms with E-state index in [2.05, 4.69) is 64.6 Å². The summed E-state index contributed by atoms with van der Waals surface area (Å²) < 4.78 is 19.3. The maximum absolute atomic E-state index is 13.2. The molecule has 1 N–H and O–H groups in total. The van der Waals surface area contributed by atoms with Crippen LogP contribution in [0.4, 0.5) is 0 Å². The van der Waals surface area contributed by atoms with Crippen molar-refractivity contribution in [3.63, 3.8) is 0 Å². The van der Waals surface area contributed by atoms with Gasteiger partial charge in [0.25, 0.3) is 0 Å². The molecule has 5 rings (SSSR count). The molecule has 0 bridgehead atoms. The third-order valence-corrected chi connectivity index (χ3v) is 7.24. The van der Waals surface area contributed by atoms with Gasteiger partial charge in [-0.2, -0.15) is 0 Å². The molecule has 0 spiro atoms. The van der Waals surface area contributed by atoms with Crippen molar-refractivity contribution in [2.45, 2.75) is 25.5 Å². The summed E-state index contributed by atoms with van der Waals surface area (Å²) in [4.78, 5) is 13.2. The molecule has 0 saturated carbocycles. The van der Waals surface area contributed by atoms with Crippen molar-refractivity contribution >= 4 is 16.8 Å². The predicted molar refractivity (Wildman–Crippen MR) is 163 cm³/mol. The van der Waals surface area contributed by atoms with Gasteiger partial charge in [0, 0.05) is 49.6 Å². The second kappa shape index (κ2) is 13.7. The topological polar surface area (TPSA) is 61.7 Å². The van der Waals surface area contributed by atoms with E-state index in [1.165, 1.54) is 5.56 Å². The van der Waals surface area contributed by atoms with Gasteiger partial charge in [0.2, 0.25) is 5.91 Å². The molecule has 41 heavy (non-hydrogen) atoms. The van der Waals surface area contributed by atoms with Crippen molar-refractivity contribution < 1.29 is 19.0 Å². The third kappa shape index (κ3) is 6.97. The lowest BCUT2D eigenvalue weighted by Crippen LogP contribution is -2.28. The van der Waals surface area contributed by atoms with Gasteiger partial charge in [-0.05, 0) is 40.5 Å². The van der Waals surface area contributed by atoms with E-state index in [-0.39, 0.29) is 18.2 Å². The highest BCUT2D eigenvalue weighted by Crippen LogP contribution is 2.39. The van der Waals surface area contributed by atoms with E-state index < -0.39 is 0 Å². The van der Waals surface area contributed by atoms with Gasteiger partial charge >= 0.3 is 0 Å². The average molecular weight is 549 g/mol. The summed E-state index contributed by atoms with van der Waals surface area (Å²) in [7, 11) is 3.27. The monoisotopic (exact) mass is 548 g/mol. The number of ether oxygens (including phenoxy) is 3.